The third kappa shape index (κ3) is 3.93. The first-order chi connectivity index (χ1) is 13.4. The van der Waals surface area contributed by atoms with E-state index in [1.54, 1.807) is 19.2 Å². The van der Waals surface area contributed by atoms with E-state index in [0.29, 0.717) is 22.8 Å². The van der Waals surface area contributed by atoms with Gasteiger partial charge in [-0.05, 0) is 54.8 Å². The quantitative estimate of drug-likeness (QED) is 0.681. The molecule has 3 N–H and O–H groups in total. The van der Waals surface area contributed by atoms with E-state index in [9.17, 15) is 9.18 Å². The smallest absolute Gasteiger partial charge is 0.221 e. The number of anilines is 2. The van der Waals surface area contributed by atoms with Crippen LogP contribution in [-0.4, -0.2) is 23.2 Å². The number of benzene rings is 2. The average molecular weight is 380 g/mol. The standard InChI is InChI=1S/C21H21FN4O2/c1-12-13(2)21(24-17-9-8-14(10-16(17)22)11-19(23)27)26-25-20(12)15-6-4-5-7-18(15)28-3/h4-10H,11H2,1-3H3,(H2,23,27)(H,24,26). The number of ether oxygens (including phenoxy) is 1. The van der Waals surface area contributed by atoms with Crippen molar-refractivity contribution in [1.29, 1.82) is 0 Å². The molecule has 0 fully saturated rings. The summed E-state index contributed by atoms with van der Waals surface area (Å²) in [6.45, 7) is 3.83. The minimum absolute atomic E-state index is 0.0112. The molecule has 6 nitrogen and oxygen atoms in total. The molecule has 0 bridgehead atoms. The van der Waals surface area contributed by atoms with Crippen molar-refractivity contribution in [2.24, 2.45) is 5.73 Å². The molecule has 144 valence electrons. The van der Waals surface area contributed by atoms with E-state index >= 15 is 0 Å². The fraction of sp³-hybridized carbons (Fsp3) is 0.190. The molecule has 0 atom stereocenters. The van der Waals surface area contributed by atoms with Crippen LogP contribution in [0, 0.1) is 19.7 Å². The highest BCUT2D eigenvalue weighted by atomic mass is 19.1. The summed E-state index contributed by atoms with van der Waals surface area (Å²) in [5.41, 5.74) is 9.21. The van der Waals surface area contributed by atoms with Crippen LogP contribution < -0.4 is 15.8 Å². The lowest BCUT2D eigenvalue weighted by Crippen LogP contribution is -2.13. The molecule has 28 heavy (non-hydrogen) atoms. The molecule has 1 aromatic heterocycles. The molecule has 0 saturated heterocycles. The maximum Gasteiger partial charge on any atom is 0.221 e. The molecule has 0 radical (unpaired) electrons. The lowest BCUT2D eigenvalue weighted by atomic mass is 10.0. The van der Waals surface area contributed by atoms with E-state index < -0.39 is 11.7 Å². The van der Waals surface area contributed by atoms with Crippen molar-refractivity contribution < 1.29 is 13.9 Å². The second kappa shape index (κ2) is 8.04. The van der Waals surface area contributed by atoms with Gasteiger partial charge in [-0.2, -0.15) is 0 Å². The lowest BCUT2D eigenvalue weighted by molar-refractivity contribution is -0.117. The highest BCUT2D eigenvalue weighted by molar-refractivity contribution is 5.77. The highest BCUT2D eigenvalue weighted by Crippen LogP contribution is 2.33. The average Bonchev–Trinajstić information content (AvgIpc) is 2.67. The number of nitrogens with zero attached hydrogens (tertiary/aromatic N) is 2. The maximum absolute atomic E-state index is 14.4. The second-order valence-corrected chi connectivity index (χ2v) is 6.43. The Balaban J connectivity index is 1.93. The van der Waals surface area contributed by atoms with Crippen molar-refractivity contribution >= 4 is 17.4 Å². The summed E-state index contributed by atoms with van der Waals surface area (Å²) in [5.74, 6) is 0.157. The topological polar surface area (TPSA) is 90.1 Å². The van der Waals surface area contributed by atoms with Gasteiger partial charge in [-0.3, -0.25) is 4.79 Å². The van der Waals surface area contributed by atoms with Crippen LogP contribution in [-0.2, 0) is 11.2 Å². The molecule has 1 amide bonds. The molecular formula is C21H21FN4O2. The normalized spacial score (nSPS) is 10.6. The molecule has 0 saturated carbocycles. The van der Waals surface area contributed by atoms with Crippen molar-refractivity contribution in [2.75, 3.05) is 12.4 Å². The number of halogens is 1. The minimum Gasteiger partial charge on any atom is -0.496 e. The van der Waals surface area contributed by atoms with Crippen molar-refractivity contribution in [2.45, 2.75) is 20.3 Å². The van der Waals surface area contributed by atoms with Crippen LogP contribution in [0.4, 0.5) is 15.9 Å². The van der Waals surface area contributed by atoms with Gasteiger partial charge in [0, 0.05) is 5.56 Å². The van der Waals surface area contributed by atoms with Gasteiger partial charge in [0.05, 0.1) is 24.9 Å². The first-order valence-corrected chi connectivity index (χ1v) is 8.71. The molecule has 1 heterocycles. The molecule has 7 heteroatoms. The van der Waals surface area contributed by atoms with Gasteiger partial charge in [-0.25, -0.2) is 4.39 Å². The van der Waals surface area contributed by atoms with Crippen LogP contribution in [0.25, 0.3) is 11.3 Å². The zero-order valence-electron chi connectivity index (χ0n) is 15.9. The van der Waals surface area contributed by atoms with Gasteiger partial charge in [0.1, 0.15) is 11.6 Å². The van der Waals surface area contributed by atoms with Crippen LogP contribution in [0.2, 0.25) is 0 Å². The Kier molecular flexibility index (Phi) is 5.54. The number of para-hydroxylation sites is 1. The zero-order chi connectivity index (χ0) is 20.3. The fourth-order valence-electron chi connectivity index (χ4n) is 2.92. The number of nitrogens with one attached hydrogen (secondary N) is 1. The van der Waals surface area contributed by atoms with Gasteiger partial charge in [-0.1, -0.05) is 18.2 Å². The van der Waals surface area contributed by atoms with Crippen molar-refractivity contribution in [3.63, 3.8) is 0 Å². The predicted octanol–water partition coefficient (Wildman–Crippen LogP) is 3.68. The summed E-state index contributed by atoms with van der Waals surface area (Å²) in [6, 6.07) is 12.1. The number of hydrogen-bond donors (Lipinski definition) is 2. The number of hydrogen-bond acceptors (Lipinski definition) is 5. The van der Waals surface area contributed by atoms with Crippen LogP contribution >= 0.6 is 0 Å². The van der Waals surface area contributed by atoms with Gasteiger partial charge in [0.2, 0.25) is 5.91 Å². The number of rotatable bonds is 6. The Labute approximate surface area is 162 Å². The number of carbonyl (C=O) groups excluding carboxylic acids is 1. The number of methoxy groups -OCH3 is 1. The van der Waals surface area contributed by atoms with Crippen LogP contribution in [0.1, 0.15) is 16.7 Å². The molecule has 0 unspecified atom stereocenters. The summed E-state index contributed by atoms with van der Waals surface area (Å²) in [5, 5.41) is 11.5. The minimum atomic E-state index is -0.510. The Hall–Kier alpha value is -3.48. The Bertz CT molecular complexity index is 1040. The Morgan fingerprint density at radius 1 is 1.14 bits per heavy atom. The number of aromatic nitrogens is 2. The largest absolute Gasteiger partial charge is 0.496 e. The Morgan fingerprint density at radius 3 is 2.57 bits per heavy atom. The van der Waals surface area contributed by atoms with Crippen molar-refractivity contribution in [1.82, 2.24) is 10.2 Å². The molecular weight excluding hydrogens is 359 g/mol. The van der Waals surface area contributed by atoms with Crippen molar-refractivity contribution in [3.05, 3.63) is 65.0 Å². The number of amides is 1. The molecule has 0 spiro atoms. The third-order valence-corrected chi connectivity index (χ3v) is 4.55. The van der Waals surface area contributed by atoms with Crippen LogP contribution in [0.15, 0.2) is 42.5 Å². The maximum atomic E-state index is 14.4. The fourth-order valence-corrected chi connectivity index (χ4v) is 2.92. The number of primary amides is 1. The van der Waals surface area contributed by atoms with E-state index in [1.807, 2.05) is 38.1 Å². The molecule has 0 aliphatic heterocycles. The predicted molar refractivity (Wildman–Crippen MR) is 106 cm³/mol. The summed E-state index contributed by atoms with van der Waals surface area (Å²) in [6.07, 6.45) is -0.0112. The summed E-state index contributed by atoms with van der Waals surface area (Å²) in [7, 11) is 1.61. The van der Waals surface area contributed by atoms with E-state index in [0.717, 1.165) is 16.7 Å². The van der Waals surface area contributed by atoms with Gasteiger partial charge >= 0.3 is 0 Å². The summed E-state index contributed by atoms with van der Waals surface area (Å²) < 4.78 is 19.8. The third-order valence-electron chi connectivity index (χ3n) is 4.55. The molecule has 0 aliphatic rings. The monoisotopic (exact) mass is 380 g/mol. The Morgan fingerprint density at radius 2 is 1.89 bits per heavy atom. The van der Waals surface area contributed by atoms with Gasteiger partial charge in [0.25, 0.3) is 0 Å². The summed E-state index contributed by atoms with van der Waals surface area (Å²) >= 11 is 0. The van der Waals surface area contributed by atoms with E-state index in [4.69, 9.17) is 10.5 Å². The first kappa shape index (κ1) is 19.3. The van der Waals surface area contributed by atoms with E-state index in [1.165, 1.54) is 6.07 Å². The van der Waals surface area contributed by atoms with Gasteiger partial charge < -0.3 is 15.8 Å². The van der Waals surface area contributed by atoms with Crippen LogP contribution in [0.5, 0.6) is 5.75 Å². The van der Waals surface area contributed by atoms with Gasteiger partial charge in [-0.15, -0.1) is 10.2 Å². The molecule has 0 aliphatic carbocycles. The molecule has 2 aromatic carbocycles. The first-order valence-electron chi connectivity index (χ1n) is 8.71. The number of carbonyl (C=O) groups is 1. The zero-order valence-corrected chi connectivity index (χ0v) is 15.9. The summed E-state index contributed by atoms with van der Waals surface area (Å²) in [4.78, 5) is 11.0. The lowest BCUT2D eigenvalue weighted by Gasteiger charge is -2.15. The van der Waals surface area contributed by atoms with Crippen molar-refractivity contribution in [3.8, 4) is 17.0 Å². The van der Waals surface area contributed by atoms with E-state index in [-0.39, 0.29) is 12.1 Å². The number of nitrogens with two attached hydrogens (primary N) is 1. The molecule has 3 aromatic rings. The highest BCUT2D eigenvalue weighted by Gasteiger charge is 2.16. The van der Waals surface area contributed by atoms with Gasteiger partial charge in [0.15, 0.2) is 5.82 Å². The second-order valence-electron chi connectivity index (χ2n) is 6.43. The van der Waals surface area contributed by atoms with E-state index in [2.05, 4.69) is 15.5 Å². The molecule has 3 rings (SSSR count). The van der Waals surface area contributed by atoms with Crippen LogP contribution in [0.3, 0.4) is 0 Å². The SMILES string of the molecule is COc1ccccc1-c1nnc(Nc2ccc(CC(N)=O)cc2F)c(C)c1C.